The maximum absolute atomic E-state index is 5.29. The van der Waals surface area contributed by atoms with Gasteiger partial charge in [-0.3, -0.25) is 0 Å². The lowest BCUT2D eigenvalue weighted by Crippen LogP contribution is -2.00. The zero-order chi connectivity index (χ0) is 41.4. The smallest absolute Gasteiger partial charge is 0.160 e. The Morgan fingerprint density at radius 2 is 0.937 bits per heavy atom. The van der Waals surface area contributed by atoms with Gasteiger partial charge < -0.3 is 9.13 Å². The van der Waals surface area contributed by atoms with Crippen molar-refractivity contribution in [1.29, 1.82) is 0 Å². The largest absolute Gasteiger partial charge is 0.309 e. The topological polar surface area (TPSA) is 35.6 Å². The van der Waals surface area contributed by atoms with Gasteiger partial charge in [-0.1, -0.05) is 158 Å². The fraction of sp³-hybridized carbons (Fsp3) is 0. The van der Waals surface area contributed by atoms with Crippen molar-refractivity contribution in [3.05, 3.63) is 218 Å². The highest BCUT2D eigenvalue weighted by Gasteiger charge is 2.21. The summed E-state index contributed by atoms with van der Waals surface area (Å²) in [6.45, 7) is 0. The Labute approximate surface area is 367 Å². The van der Waals surface area contributed by atoms with E-state index in [1.807, 2.05) is 35.6 Å². The van der Waals surface area contributed by atoms with Gasteiger partial charge in [0.2, 0.25) is 0 Å². The van der Waals surface area contributed by atoms with Crippen molar-refractivity contribution in [2.24, 2.45) is 0 Å². The van der Waals surface area contributed by atoms with Crippen LogP contribution in [0.2, 0.25) is 0 Å². The molecule has 0 unspecified atom stereocenters. The molecule has 0 saturated carbocycles. The minimum Gasteiger partial charge on any atom is -0.309 e. The number of rotatable bonds is 6. The number of para-hydroxylation sites is 3. The molecule has 0 spiro atoms. The first-order chi connectivity index (χ1) is 31.2. The summed E-state index contributed by atoms with van der Waals surface area (Å²) in [5, 5.41) is 7.62. The van der Waals surface area contributed by atoms with Crippen molar-refractivity contribution < 1.29 is 0 Å². The fourth-order valence-electron chi connectivity index (χ4n) is 9.70. The summed E-state index contributed by atoms with van der Waals surface area (Å²) in [4.78, 5) is 10.4. The Morgan fingerprint density at radius 3 is 1.67 bits per heavy atom. The van der Waals surface area contributed by atoms with E-state index in [0.29, 0.717) is 5.82 Å². The molecule has 0 aliphatic heterocycles. The average Bonchev–Trinajstić information content (AvgIpc) is 4.02. The molecule has 63 heavy (non-hydrogen) atoms. The predicted molar refractivity (Wildman–Crippen MR) is 265 cm³/mol. The highest BCUT2D eigenvalue weighted by atomic mass is 32.1. The van der Waals surface area contributed by atoms with Crippen LogP contribution in [0.1, 0.15) is 0 Å². The van der Waals surface area contributed by atoms with Crippen LogP contribution in [-0.2, 0) is 0 Å². The summed E-state index contributed by atoms with van der Waals surface area (Å²) in [5.41, 5.74) is 13.9. The average molecular weight is 821 g/mol. The molecule has 9 aromatic carbocycles. The molecule has 4 nitrogen and oxygen atoms in total. The molecule has 294 valence electrons. The minimum atomic E-state index is 0.695. The van der Waals surface area contributed by atoms with Crippen LogP contribution in [0.5, 0.6) is 0 Å². The van der Waals surface area contributed by atoms with E-state index in [9.17, 15) is 0 Å². The molecule has 4 aromatic heterocycles. The van der Waals surface area contributed by atoms with Crippen LogP contribution in [0.3, 0.4) is 0 Å². The van der Waals surface area contributed by atoms with E-state index in [1.165, 1.54) is 63.8 Å². The minimum absolute atomic E-state index is 0.695. The summed E-state index contributed by atoms with van der Waals surface area (Å²) in [7, 11) is 0. The predicted octanol–water partition coefficient (Wildman–Crippen LogP) is 15.7. The lowest BCUT2D eigenvalue weighted by atomic mass is 9.97. The second kappa shape index (κ2) is 14.2. The summed E-state index contributed by atoms with van der Waals surface area (Å²) in [6, 6.07) is 78.5. The fourth-order valence-corrected chi connectivity index (χ4v) is 11.0. The molecule has 13 rings (SSSR count). The Morgan fingerprint density at radius 1 is 0.349 bits per heavy atom. The highest BCUT2D eigenvalue weighted by Crippen LogP contribution is 2.45. The molecule has 5 heteroatoms. The first kappa shape index (κ1) is 35.6. The maximum Gasteiger partial charge on any atom is 0.160 e. The van der Waals surface area contributed by atoms with Gasteiger partial charge >= 0.3 is 0 Å². The molecule has 4 heterocycles. The number of hydrogen-bond acceptors (Lipinski definition) is 3. The summed E-state index contributed by atoms with van der Waals surface area (Å²) in [5.74, 6) is 0.695. The number of nitrogens with zero attached hydrogens (tertiary/aromatic N) is 4. The van der Waals surface area contributed by atoms with Crippen LogP contribution in [0.4, 0.5) is 0 Å². The van der Waals surface area contributed by atoms with E-state index >= 15 is 0 Å². The first-order valence-electron chi connectivity index (χ1n) is 21.3. The van der Waals surface area contributed by atoms with Crippen LogP contribution in [0, 0.1) is 0 Å². The second-order valence-electron chi connectivity index (χ2n) is 16.1. The summed E-state index contributed by atoms with van der Waals surface area (Å²) >= 11 is 1.89. The molecule has 0 aliphatic rings. The van der Waals surface area contributed by atoms with Gasteiger partial charge in [-0.2, -0.15) is 0 Å². The molecule has 13 aromatic rings. The number of aromatic nitrogens is 4. The van der Waals surface area contributed by atoms with E-state index < -0.39 is 0 Å². The number of thiophene rings is 1. The molecule has 0 N–H and O–H groups in total. The van der Waals surface area contributed by atoms with E-state index in [4.69, 9.17) is 9.97 Å². The molecule has 0 radical (unpaired) electrons. The lowest BCUT2D eigenvalue weighted by Gasteiger charge is -2.18. The normalized spacial score (nSPS) is 11.8. The van der Waals surface area contributed by atoms with Gasteiger partial charge in [0.15, 0.2) is 5.82 Å². The van der Waals surface area contributed by atoms with Gasteiger partial charge in [0.05, 0.1) is 39.1 Å². The van der Waals surface area contributed by atoms with Gasteiger partial charge in [0.1, 0.15) is 0 Å². The van der Waals surface area contributed by atoms with Crippen LogP contribution in [0.15, 0.2) is 218 Å². The van der Waals surface area contributed by atoms with Crippen molar-refractivity contribution in [3.63, 3.8) is 0 Å². The van der Waals surface area contributed by atoms with Gasteiger partial charge in [-0.25, -0.2) is 9.97 Å². The SMILES string of the molecule is c1ccc(-c2cc(-c3ccc(-n4c5ccccc5c5c6sc7ccccc7c6ccc54)c(-c4cccc(-n5c6ccccc6c6ccccc65)c4)c3)nc(-c3ccccc3)n2)cc1. The molecule has 0 saturated heterocycles. The lowest BCUT2D eigenvalue weighted by molar-refractivity contribution is 1.16. The summed E-state index contributed by atoms with van der Waals surface area (Å²) in [6.07, 6.45) is 0. The maximum atomic E-state index is 5.29. The van der Waals surface area contributed by atoms with E-state index in [1.54, 1.807) is 0 Å². The molecule has 0 amide bonds. The molecule has 0 atom stereocenters. The Hall–Kier alpha value is -8.12. The van der Waals surface area contributed by atoms with E-state index in [0.717, 1.165) is 50.6 Å². The van der Waals surface area contributed by atoms with Gasteiger partial charge in [0, 0.05) is 69.7 Å². The molecule has 0 aliphatic carbocycles. The van der Waals surface area contributed by atoms with Gasteiger partial charge in [-0.05, 0) is 66.2 Å². The third-order valence-corrected chi connectivity index (χ3v) is 13.7. The zero-order valence-corrected chi connectivity index (χ0v) is 34.8. The summed E-state index contributed by atoms with van der Waals surface area (Å²) < 4.78 is 7.50. The number of benzene rings is 9. The van der Waals surface area contributed by atoms with Crippen LogP contribution in [0.25, 0.3) is 120 Å². The van der Waals surface area contributed by atoms with Gasteiger partial charge in [-0.15, -0.1) is 11.3 Å². The van der Waals surface area contributed by atoms with Crippen molar-refractivity contribution >= 4 is 75.1 Å². The van der Waals surface area contributed by atoms with Crippen LogP contribution >= 0.6 is 11.3 Å². The van der Waals surface area contributed by atoms with Crippen molar-refractivity contribution in [1.82, 2.24) is 19.1 Å². The monoisotopic (exact) mass is 820 g/mol. The highest BCUT2D eigenvalue weighted by molar-refractivity contribution is 7.26. The van der Waals surface area contributed by atoms with E-state index in [2.05, 4.69) is 203 Å². The third-order valence-electron chi connectivity index (χ3n) is 12.5. The standard InChI is InChI=1S/C58H36N4S/c1-3-16-37(17-4-1)48-36-49(60-58(59-48)38-18-5-2-6-19-38)40-30-32-53(62-52-28-13-9-25-46(52)56-54(62)33-31-45-44-24-10-14-29-55(44)63-57(45)56)47(35-40)39-20-15-21-41(34-39)61-50-26-11-7-22-42(50)43-23-8-12-27-51(43)61/h1-36H. The first-order valence-corrected chi connectivity index (χ1v) is 22.1. The third kappa shape index (κ3) is 5.67. The molecule has 0 bridgehead atoms. The quantitative estimate of drug-likeness (QED) is 0.167. The van der Waals surface area contributed by atoms with Crippen molar-refractivity contribution in [3.8, 4) is 56.4 Å². The number of fused-ring (bicyclic) bond motifs is 10. The van der Waals surface area contributed by atoms with Crippen molar-refractivity contribution in [2.75, 3.05) is 0 Å². The molecular weight excluding hydrogens is 785 g/mol. The Balaban J connectivity index is 1.09. The molecular formula is C58H36N4S. The molecule has 0 fully saturated rings. The van der Waals surface area contributed by atoms with Crippen LogP contribution in [-0.4, -0.2) is 19.1 Å². The van der Waals surface area contributed by atoms with Crippen molar-refractivity contribution in [2.45, 2.75) is 0 Å². The number of hydrogen-bond donors (Lipinski definition) is 0. The second-order valence-corrected chi connectivity index (χ2v) is 17.2. The van der Waals surface area contributed by atoms with E-state index in [-0.39, 0.29) is 0 Å². The zero-order valence-electron chi connectivity index (χ0n) is 34.0. The Bertz CT molecular complexity index is 3800. The Kier molecular flexibility index (Phi) is 8.05. The van der Waals surface area contributed by atoms with Gasteiger partial charge in [0.25, 0.3) is 0 Å². The van der Waals surface area contributed by atoms with Crippen LogP contribution < -0.4 is 0 Å².